The van der Waals surface area contributed by atoms with E-state index in [4.69, 9.17) is 11.5 Å². The van der Waals surface area contributed by atoms with Gasteiger partial charge in [-0.1, -0.05) is 42.7 Å². The number of aromatic amines is 1. The summed E-state index contributed by atoms with van der Waals surface area (Å²) in [6, 6.07) is 11.3. The molecule has 5 heteroatoms. The zero-order valence-corrected chi connectivity index (χ0v) is 14.7. The van der Waals surface area contributed by atoms with Crippen molar-refractivity contribution < 1.29 is 18.6 Å². The molecule has 1 heterocycles. The second kappa shape index (κ2) is 8.69. The summed E-state index contributed by atoms with van der Waals surface area (Å²) in [5.41, 5.74) is 16.6. The van der Waals surface area contributed by atoms with Crippen LogP contribution in [0.3, 0.4) is 0 Å². The Balaban J connectivity index is 0.000000185. The van der Waals surface area contributed by atoms with Crippen molar-refractivity contribution in [2.24, 2.45) is 5.73 Å². The van der Waals surface area contributed by atoms with E-state index >= 15 is 0 Å². The van der Waals surface area contributed by atoms with Crippen LogP contribution in [0.5, 0.6) is 0 Å². The van der Waals surface area contributed by atoms with Gasteiger partial charge in [-0.3, -0.25) is 5.10 Å². The summed E-state index contributed by atoms with van der Waals surface area (Å²) in [5.74, 6) is 0.714. The largest absolute Gasteiger partial charge is 2.00 e. The molecule has 2 fully saturated rings. The first-order chi connectivity index (χ1) is 10.7. The van der Waals surface area contributed by atoms with E-state index in [-0.39, 0.29) is 24.6 Å². The number of nitrogens with two attached hydrogens (primary N) is 1. The first-order valence-corrected chi connectivity index (χ1v) is 8.12. The van der Waals surface area contributed by atoms with E-state index < -0.39 is 0 Å². The number of aromatic nitrogens is 2. The topological polar surface area (TPSA) is 78.5 Å². The van der Waals surface area contributed by atoms with Crippen molar-refractivity contribution in [3.05, 3.63) is 54.2 Å². The first-order valence-electron chi connectivity index (χ1n) is 8.12. The van der Waals surface area contributed by atoms with Crippen LogP contribution in [0, 0.1) is 6.42 Å². The Bertz CT molecular complexity index is 545. The monoisotopic (exact) mass is 347 g/mol. The summed E-state index contributed by atoms with van der Waals surface area (Å²) >= 11 is 0. The summed E-state index contributed by atoms with van der Waals surface area (Å²) in [6.45, 7) is 0. The van der Waals surface area contributed by atoms with E-state index in [1.54, 1.807) is 6.20 Å². The Hall–Kier alpha value is -1.07. The summed E-state index contributed by atoms with van der Waals surface area (Å²) < 4.78 is 0. The molecule has 0 aliphatic heterocycles. The van der Waals surface area contributed by atoms with E-state index in [1.165, 1.54) is 17.5 Å². The van der Waals surface area contributed by atoms with Crippen molar-refractivity contribution in [3.8, 4) is 11.3 Å². The second-order valence-corrected chi connectivity index (χ2v) is 6.28. The molecule has 23 heavy (non-hydrogen) atoms. The third-order valence-corrected chi connectivity index (χ3v) is 4.39. The third-order valence-electron chi connectivity index (χ3n) is 4.39. The summed E-state index contributed by atoms with van der Waals surface area (Å²) in [6.07, 6.45) is 9.50. The normalized spacial score (nSPS) is 25.7. The SMILES string of the molecule is [NH-]C1CCC(N)CC1.[V+2].c1cc(-c2ccc([C@H]3[CH-]C3)cc2)[nH]n1. The smallest absolute Gasteiger partial charge is 0.675 e. The van der Waals surface area contributed by atoms with E-state index in [0.717, 1.165) is 31.4 Å². The van der Waals surface area contributed by atoms with Gasteiger partial charge < -0.3 is 17.9 Å². The van der Waals surface area contributed by atoms with Gasteiger partial charge in [-0.2, -0.15) is 17.4 Å². The van der Waals surface area contributed by atoms with Gasteiger partial charge in [0, 0.05) is 12.2 Å². The second-order valence-electron chi connectivity index (χ2n) is 6.28. The minimum absolute atomic E-state index is 0. The molecular weight excluding hydrogens is 323 g/mol. The summed E-state index contributed by atoms with van der Waals surface area (Å²) in [7, 11) is 0. The van der Waals surface area contributed by atoms with Crippen molar-refractivity contribution >= 4 is 0 Å². The van der Waals surface area contributed by atoms with Crippen molar-refractivity contribution in [1.29, 1.82) is 0 Å². The fourth-order valence-electron chi connectivity index (χ4n) is 2.79. The number of H-pyrrole nitrogens is 1. The van der Waals surface area contributed by atoms with Gasteiger partial charge in [0.15, 0.2) is 0 Å². The molecule has 1 radical (unpaired) electrons. The van der Waals surface area contributed by atoms with Gasteiger partial charge in [0.05, 0.1) is 5.69 Å². The van der Waals surface area contributed by atoms with Crippen molar-refractivity contribution in [2.45, 2.75) is 50.1 Å². The maximum atomic E-state index is 7.31. The quantitative estimate of drug-likeness (QED) is 0.803. The Morgan fingerprint density at radius 3 is 2.22 bits per heavy atom. The molecule has 121 valence electrons. The van der Waals surface area contributed by atoms with Crippen molar-refractivity contribution in [1.82, 2.24) is 10.2 Å². The van der Waals surface area contributed by atoms with Crippen LogP contribution in [0.4, 0.5) is 0 Å². The van der Waals surface area contributed by atoms with Crippen LogP contribution in [-0.2, 0) is 18.6 Å². The Kier molecular flexibility index (Phi) is 6.91. The Morgan fingerprint density at radius 2 is 1.74 bits per heavy atom. The molecule has 0 amide bonds. The van der Waals surface area contributed by atoms with Gasteiger partial charge in [0.25, 0.3) is 0 Å². The van der Waals surface area contributed by atoms with Crippen LogP contribution in [-0.4, -0.2) is 22.3 Å². The molecule has 2 aliphatic rings. The first kappa shape index (κ1) is 18.3. The Labute approximate surface area is 150 Å². The maximum Gasteiger partial charge on any atom is 2.00 e. The van der Waals surface area contributed by atoms with Crippen LogP contribution in [0.2, 0.25) is 0 Å². The molecule has 2 aromatic rings. The molecule has 2 aliphatic carbocycles. The molecule has 4 nitrogen and oxygen atoms in total. The predicted molar refractivity (Wildman–Crippen MR) is 90.2 cm³/mol. The summed E-state index contributed by atoms with van der Waals surface area (Å²) in [4.78, 5) is 0. The van der Waals surface area contributed by atoms with Gasteiger partial charge in [-0.15, -0.1) is 6.04 Å². The molecule has 0 saturated heterocycles. The number of hydrogen-bond acceptors (Lipinski definition) is 2. The average molecular weight is 347 g/mol. The number of benzene rings is 1. The minimum Gasteiger partial charge on any atom is -0.675 e. The van der Waals surface area contributed by atoms with Gasteiger partial charge in [-0.05, 0) is 24.5 Å². The molecule has 1 aromatic heterocycles. The third kappa shape index (κ3) is 5.50. The molecular formula is C18H24N4V. The fourth-order valence-corrected chi connectivity index (χ4v) is 2.79. The molecule has 0 spiro atoms. The average Bonchev–Trinajstić information content (AvgIpc) is 3.26. The zero-order chi connectivity index (χ0) is 15.4. The van der Waals surface area contributed by atoms with E-state index in [2.05, 4.69) is 40.9 Å². The molecule has 4 rings (SSSR count). The van der Waals surface area contributed by atoms with Gasteiger partial charge in [0.2, 0.25) is 0 Å². The molecule has 1 atom stereocenters. The van der Waals surface area contributed by atoms with Gasteiger partial charge in [-0.25, -0.2) is 0 Å². The number of nitrogens with zero attached hydrogens (tertiary/aromatic N) is 1. The number of nitrogens with one attached hydrogen (secondary N) is 2. The van der Waals surface area contributed by atoms with Crippen molar-refractivity contribution in [3.63, 3.8) is 0 Å². The molecule has 0 bridgehead atoms. The molecule has 1 aromatic carbocycles. The van der Waals surface area contributed by atoms with Crippen LogP contribution < -0.4 is 5.73 Å². The summed E-state index contributed by atoms with van der Waals surface area (Å²) in [5, 5.41) is 6.90. The number of rotatable bonds is 2. The molecule has 2 saturated carbocycles. The van der Waals surface area contributed by atoms with Gasteiger partial charge >= 0.3 is 18.6 Å². The molecule has 4 N–H and O–H groups in total. The molecule has 0 unspecified atom stereocenters. The van der Waals surface area contributed by atoms with E-state index in [0.29, 0.717) is 12.0 Å². The standard InChI is InChI=1S/C12H11N2.C6H13N2.V/c1-2-9(1)10-3-5-11(6-4-10)12-7-8-13-14-12;7-5-1-2-6(8)4-3-5;/h1,3-9H,2H2,(H,13,14);5-7H,1-4,8H2;/q2*-1;+2/t9-;;/m0../s1. The fraction of sp³-hybridized carbons (Fsp3) is 0.444. The van der Waals surface area contributed by atoms with Crippen LogP contribution in [0.1, 0.15) is 43.6 Å². The van der Waals surface area contributed by atoms with E-state index in [1.807, 2.05) is 6.07 Å². The van der Waals surface area contributed by atoms with Gasteiger partial charge in [0.1, 0.15) is 0 Å². The zero-order valence-electron chi connectivity index (χ0n) is 13.3. The van der Waals surface area contributed by atoms with Crippen LogP contribution in [0.25, 0.3) is 17.0 Å². The van der Waals surface area contributed by atoms with Crippen LogP contribution in [0.15, 0.2) is 36.5 Å². The minimum atomic E-state index is 0. The Morgan fingerprint density at radius 1 is 1.09 bits per heavy atom. The number of hydrogen-bond donors (Lipinski definition) is 2. The van der Waals surface area contributed by atoms with Crippen molar-refractivity contribution in [2.75, 3.05) is 0 Å². The predicted octanol–water partition coefficient (Wildman–Crippen LogP) is 4.07. The van der Waals surface area contributed by atoms with Crippen LogP contribution >= 0.6 is 0 Å². The maximum absolute atomic E-state index is 7.31. The van der Waals surface area contributed by atoms with E-state index in [9.17, 15) is 0 Å².